The highest BCUT2D eigenvalue weighted by molar-refractivity contribution is 4.89. The maximum atomic E-state index is 3.63. The second-order valence-electron chi connectivity index (χ2n) is 7.24. The molecule has 0 bridgehead atoms. The summed E-state index contributed by atoms with van der Waals surface area (Å²) < 4.78 is 0. The summed E-state index contributed by atoms with van der Waals surface area (Å²) in [6.07, 6.45) is 11.5. The van der Waals surface area contributed by atoms with Crippen LogP contribution in [0.25, 0.3) is 0 Å². The molecule has 0 amide bonds. The van der Waals surface area contributed by atoms with Crippen molar-refractivity contribution in [1.29, 1.82) is 0 Å². The van der Waals surface area contributed by atoms with Crippen LogP contribution in [0, 0.1) is 5.92 Å². The molecule has 0 aromatic rings. The van der Waals surface area contributed by atoms with Crippen LogP contribution in [0.3, 0.4) is 0 Å². The van der Waals surface area contributed by atoms with Crippen LogP contribution >= 0.6 is 0 Å². The van der Waals surface area contributed by atoms with E-state index < -0.39 is 0 Å². The molecule has 0 spiro atoms. The van der Waals surface area contributed by atoms with Crippen LogP contribution in [0.2, 0.25) is 0 Å². The highest BCUT2D eigenvalue weighted by Gasteiger charge is 2.31. The molecule has 3 aliphatic rings. The fraction of sp³-hybridized carbons (Fsp3) is 1.00. The molecular weight excluding hydrogens is 246 g/mol. The van der Waals surface area contributed by atoms with Gasteiger partial charge in [0, 0.05) is 25.2 Å². The predicted octanol–water partition coefficient (Wildman–Crippen LogP) is 2.32. The van der Waals surface area contributed by atoms with Gasteiger partial charge in [-0.2, -0.15) is 0 Å². The van der Waals surface area contributed by atoms with Crippen molar-refractivity contribution in [3.63, 3.8) is 0 Å². The minimum atomic E-state index is 0.729. The number of nitrogens with one attached hydrogen (secondary N) is 1. The zero-order chi connectivity index (χ0) is 13.8. The van der Waals surface area contributed by atoms with Crippen LogP contribution in [0.5, 0.6) is 0 Å². The molecule has 1 saturated carbocycles. The van der Waals surface area contributed by atoms with Crippen molar-refractivity contribution in [2.24, 2.45) is 5.92 Å². The third-order valence-electron chi connectivity index (χ3n) is 5.95. The van der Waals surface area contributed by atoms with Gasteiger partial charge in [0.25, 0.3) is 0 Å². The Balaban J connectivity index is 1.46. The molecule has 2 aliphatic heterocycles. The lowest BCUT2D eigenvalue weighted by Crippen LogP contribution is -2.45. The smallest absolute Gasteiger partial charge is 0.0235 e. The Labute approximate surface area is 125 Å². The monoisotopic (exact) mass is 279 g/mol. The highest BCUT2D eigenvalue weighted by Crippen LogP contribution is 2.28. The minimum absolute atomic E-state index is 0.729. The molecule has 1 aliphatic carbocycles. The van der Waals surface area contributed by atoms with Gasteiger partial charge in [-0.25, -0.2) is 0 Å². The van der Waals surface area contributed by atoms with E-state index >= 15 is 0 Å². The molecule has 1 N–H and O–H groups in total. The van der Waals surface area contributed by atoms with Crippen LogP contribution < -0.4 is 5.32 Å². The van der Waals surface area contributed by atoms with Crippen LogP contribution in [0.15, 0.2) is 0 Å². The Morgan fingerprint density at radius 2 is 1.70 bits per heavy atom. The van der Waals surface area contributed by atoms with E-state index in [1.54, 1.807) is 0 Å². The summed E-state index contributed by atoms with van der Waals surface area (Å²) in [6, 6.07) is 1.59. The van der Waals surface area contributed by atoms with Crippen molar-refractivity contribution in [3.05, 3.63) is 0 Å². The summed E-state index contributed by atoms with van der Waals surface area (Å²) >= 11 is 0. The van der Waals surface area contributed by atoms with E-state index in [-0.39, 0.29) is 0 Å². The number of hydrogen-bond donors (Lipinski definition) is 1. The molecule has 0 aromatic heterocycles. The van der Waals surface area contributed by atoms with Crippen molar-refractivity contribution in [2.75, 3.05) is 39.8 Å². The normalized spacial score (nSPS) is 31.9. The summed E-state index contributed by atoms with van der Waals surface area (Å²) in [5, 5.41) is 3.63. The Morgan fingerprint density at radius 3 is 2.40 bits per heavy atom. The van der Waals surface area contributed by atoms with Gasteiger partial charge in [-0.05, 0) is 64.7 Å². The fourth-order valence-corrected chi connectivity index (χ4v) is 4.67. The van der Waals surface area contributed by atoms with Gasteiger partial charge >= 0.3 is 0 Å². The molecule has 3 heteroatoms. The zero-order valence-corrected chi connectivity index (χ0v) is 13.3. The van der Waals surface area contributed by atoms with Crippen LogP contribution in [-0.4, -0.2) is 61.7 Å². The van der Waals surface area contributed by atoms with Crippen LogP contribution in [0.4, 0.5) is 0 Å². The van der Waals surface area contributed by atoms with Crippen molar-refractivity contribution in [1.82, 2.24) is 15.1 Å². The predicted molar refractivity (Wildman–Crippen MR) is 85.1 cm³/mol. The Hall–Kier alpha value is -0.120. The summed E-state index contributed by atoms with van der Waals surface area (Å²) in [5.41, 5.74) is 0. The van der Waals surface area contributed by atoms with E-state index in [2.05, 4.69) is 22.2 Å². The topological polar surface area (TPSA) is 18.5 Å². The van der Waals surface area contributed by atoms with E-state index in [0.29, 0.717) is 0 Å². The lowest BCUT2D eigenvalue weighted by molar-refractivity contribution is 0.192. The molecule has 2 saturated heterocycles. The maximum Gasteiger partial charge on any atom is 0.0235 e. The number of rotatable bonds is 5. The van der Waals surface area contributed by atoms with Gasteiger partial charge in [-0.3, -0.25) is 4.90 Å². The molecule has 3 nitrogen and oxygen atoms in total. The van der Waals surface area contributed by atoms with Crippen molar-refractivity contribution >= 4 is 0 Å². The van der Waals surface area contributed by atoms with Crippen LogP contribution in [0.1, 0.15) is 51.4 Å². The van der Waals surface area contributed by atoms with Gasteiger partial charge in [0.1, 0.15) is 0 Å². The Morgan fingerprint density at radius 1 is 0.950 bits per heavy atom. The van der Waals surface area contributed by atoms with Crippen LogP contribution in [-0.2, 0) is 0 Å². The molecule has 2 unspecified atom stereocenters. The molecule has 0 aromatic carbocycles. The SMILES string of the molecule is CNC(CN1CCC(N2CCCC2)C1)C1CCCCC1. The zero-order valence-electron chi connectivity index (χ0n) is 13.3. The van der Waals surface area contributed by atoms with Gasteiger partial charge in [-0.15, -0.1) is 0 Å². The van der Waals surface area contributed by atoms with Crippen molar-refractivity contribution < 1.29 is 0 Å². The fourth-order valence-electron chi connectivity index (χ4n) is 4.67. The first kappa shape index (κ1) is 14.8. The average Bonchev–Trinajstić information content (AvgIpc) is 3.16. The number of likely N-dealkylation sites (tertiary alicyclic amines) is 2. The lowest BCUT2D eigenvalue weighted by Gasteiger charge is -2.33. The first-order chi connectivity index (χ1) is 9.86. The van der Waals surface area contributed by atoms with E-state index in [1.807, 2.05) is 0 Å². The van der Waals surface area contributed by atoms with Crippen molar-refractivity contribution in [3.8, 4) is 0 Å². The third-order valence-corrected chi connectivity index (χ3v) is 5.95. The summed E-state index contributed by atoms with van der Waals surface area (Å²) in [7, 11) is 2.17. The molecule has 2 atom stereocenters. The standard InChI is InChI=1S/C17H33N3/c1-18-17(15-7-3-2-4-8-15)14-19-12-9-16(13-19)20-10-5-6-11-20/h15-18H,2-14H2,1H3. The highest BCUT2D eigenvalue weighted by atomic mass is 15.3. The summed E-state index contributed by atoms with van der Waals surface area (Å²) in [5.74, 6) is 0.930. The average molecular weight is 279 g/mol. The van der Waals surface area contributed by atoms with Gasteiger partial charge < -0.3 is 10.2 Å². The molecule has 3 rings (SSSR count). The quantitative estimate of drug-likeness (QED) is 0.833. The first-order valence-corrected chi connectivity index (χ1v) is 9.00. The van der Waals surface area contributed by atoms with E-state index in [4.69, 9.17) is 0 Å². The molecule has 20 heavy (non-hydrogen) atoms. The van der Waals surface area contributed by atoms with Gasteiger partial charge in [0.05, 0.1) is 0 Å². The van der Waals surface area contributed by atoms with E-state index in [0.717, 1.165) is 18.0 Å². The second kappa shape index (κ2) is 7.24. The maximum absolute atomic E-state index is 3.63. The first-order valence-electron chi connectivity index (χ1n) is 9.00. The lowest BCUT2D eigenvalue weighted by atomic mass is 9.83. The number of hydrogen-bond acceptors (Lipinski definition) is 3. The molecule has 116 valence electrons. The molecule has 0 radical (unpaired) electrons. The molecular formula is C17H33N3. The Kier molecular flexibility index (Phi) is 5.36. The number of nitrogens with zero attached hydrogens (tertiary/aromatic N) is 2. The minimum Gasteiger partial charge on any atom is -0.315 e. The van der Waals surface area contributed by atoms with Gasteiger partial charge in [-0.1, -0.05) is 19.3 Å². The van der Waals surface area contributed by atoms with E-state index in [9.17, 15) is 0 Å². The van der Waals surface area contributed by atoms with Gasteiger partial charge in [0.2, 0.25) is 0 Å². The Bertz CT molecular complexity index is 282. The molecule has 2 heterocycles. The van der Waals surface area contributed by atoms with E-state index in [1.165, 1.54) is 84.1 Å². The van der Waals surface area contributed by atoms with Crippen molar-refractivity contribution in [2.45, 2.75) is 63.5 Å². The summed E-state index contributed by atoms with van der Waals surface area (Å²) in [6.45, 7) is 6.65. The second-order valence-corrected chi connectivity index (χ2v) is 7.24. The largest absolute Gasteiger partial charge is 0.315 e. The molecule has 3 fully saturated rings. The van der Waals surface area contributed by atoms with Gasteiger partial charge in [0.15, 0.2) is 0 Å². The third kappa shape index (κ3) is 3.55. The summed E-state index contributed by atoms with van der Waals surface area (Å²) in [4.78, 5) is 5.48. The number of likely N-dealkylation sites (N-methyl/N-ethyl adjacent to an activating group) is 1.